The van der Waals surface area contributed by atoms with E-state index in [-0.39, 0.29) is 12.0 Å². The first kappa shape index (κ1) is 20.5. The molecule has 0 aliphatic carbocycles. The number of rotatable bonds is 6. The van der Waals surface area contributed by atoms with Gasteiger partial charge >= 0.3 is 6.09 Å². The van der Waals surface area contributed by atoms with Crippen LogP contribution >= 0.6 is 22.9 Å². The van der Waals surface area contributed by atoms with Crippen LogP contribution in [0, 0.1) is 5.92 Å². The molecule has 142 valence electrons. The summed E-state index contributed by atoms with van der Waals surface area (Å²) in [4.78, 5) is 30.8. The summed E-state index contributed by atoms with van der Waals surface area (Å²) in [6, 6.07) is 4.24. The van der Waals surface area contributed by atoms with Crippen LogP contribution in [-0.2, 0) is 9.53 Å². The third-order valence-electron chi connectivity index (χ3n) is 3.93. The molecule has 6 nitrogen and oxygen atoms in total. The van der Waals surface area contributed by atoms with Gasteiger partial charge in [0.25, 0.3) is 0 Å². The molecule has 1 aromatic carbocycles. The normalized spacial score (nSPS) is 13.8. The molecule has 0 spiro atoms. The molecule has 0 bridgehead atoms. The van der Waals surface area contributed by atoms with E-state index in [1.165, 1.54) is 16.2 Å². The van der Waals surface area contributed by atoms with E-state index in [0.717, 1.165) is 4.70 Å². The predicted octanol–water partition coefficient (Wildman–Crippen LogP) is 4.37. The minimum Gasteiger partial charge on any atom is -0.447 e. The van der Waals surface area contributed by atoms with Crippen molar-refractivity contribution in [1.82, 2.24) is 9.88 Å². The standard InChI is InChI=1S/C18H24ClN3O3S/c1-9(2)15(16(20)23)22(18(24)25-10(3)4)11(5)17-21-14-12(19)7-6-8-13(14)26-17/h6-11,15H,1-5H3,(H2,20,23)/t11-,15+/m1/s1. The average Bonchev–Trinajstić information content (AvgIpc) is 2.95. The number of carbonyl (C=O) groups excluding carboxylic acids is 2. The Bertz CT molecular complexity index is 806. The lowest BCUT2D eigenvalue weighted by Gasteiger charge is -2.35. The number of hydrogen-bond acceptors (Lipinski definition) is 5. The summed E-state index contributed by atoms with van der Waals surface area (Å²) in [5, 5.41) is 1.21. The third-order valence-corrected chi connectivity index (χ3v) is 5.43. The van der Waals surface area contributed by atoms with Crippen LogP contribution in [0.15, 0.2) is 18.2 Å². The molecule has 2 rings (SSSR count). The summed E-state index contributed by atoms with van der Waals surface area (Å²) < 4.78 is 6.28. The van der Waals surface area contributed by atoms with Crippen molar-refractivity contribution >= 4 is 45.2 Å². The van der Waals surface area contributed by atoms with Crippen molar-refractivity contribution in [2.45, 2.75) is 52.8 Å². The summed E-state index contributed by atoms with van der Waals surface area (Å²) >= 11 is 7.64. The largest absolute Gasteiger partial charge is 0.447 e. The van der Waals surface area contributed by atoms with Crippen LogP contribution in [0.25, 0.3) is 10.2 Å². The van der Waals surface area contributed by atoms with Crippen molar-refractivity contribution in [2.75, 3.05) is 0 Å². The first-order valence-electron chi connectivity index (χ1n) is 8.46. The van der Waals surface area contributed by atoms with E-state index in [1.54, 1.807) is 19.9 Å². The van der Waals surface area contributed by atoms with Gasteiger partial charge in [0, 0.05) is 0 Å². The molecule has 2 atom stereocenters. The average molecular weight is 398 g/mol. The summed E-state index contributed by atoms with van der Waals surface area (Å²) in [5.41, 5.74) is 6.27. The summed E-state index contributed by atoms with van der Waals surface area (Å²) in [6.45, 7) is 9.01. The van der Waals surface area contributed by atoms with E-state index in [9.17, 15) is 9.59 Å². The number of fused-ring (bicyclic) bond motifs is 1. The SMILES string of the molecule is CC(C)OC(=O)N([C@H](C)c1nc2c(Cl)cccc2s1)[C@H](C(N)=O)C(C)C. The first-order valence-corrected chi connectivity index (χ1v) is 9.66. The zero-order chi connectivity index (χ0) is 19.6. The smallest absolute Gasteiger partial charge is 0.411 e. The number of nitrogens with zero attached hydrogens (tertiary/aromatic N) is 2. The predicted molar refractivity (Wildman–Crippen MR) is 104 cm³/mol. The highest BCUT2D eigenvalue weighted by molar-refractivity contribution is 7.18. The lowest BCUT2D eigenvalue weighted by molar-refractivity contribution is -0.125. The van der Waals surface area contributed by atoms with Crippen molar-refractivity contribution in [3.05, 3.63) is 28.2 Å². The quantitative estimate of drug-likeness (QED) is 0.784. The van der Waals surface area contributed by atoms with Gasteiger partial charge in [0.05, 0.1) is 21.9 Å². The number of thiazole rings is 1. The van der Waals surface area contributed by atoms with Gasteiger partial charge in [-0.1, -0.05) is 31.5 Å². The third kappa shape index (κ3) is 4.27. The number of amides is 2. The molecule has 0 aliphatic rings. The fourth-order valence-corrected chi connectivity index (χ4v) is 4.11. The molecule has 0 unspecified atom stereocenters. The van der Waals surface area contributed by atoms with Crippen LogP contribution < -0.4 is 5.73 Å². The zero-order valence-corrected chi connectivity index (χ0v) is 17.1. The second kappa shape index (κ2) is 8.22. The molecule has 2 aromatic rings. The van der Waals surface area contributed by atoms with Crippen molar-refractivity contribution in [3.63, 3.8) is 0 Å². The minimum absolute atomic E-state index is 0.173. The lowest BCUT2D eigenvalue weighted by atomic mass is 10.0. The van der Waals surface area contributed by atoms with Crippen molar-refractivity contribution in [1.29, 1.82) is 0 Å². The Balaban J connectivity index is 2.49. The van der Waals surface area contributed by atoms with Crippen molar-refractivity contribution < 1.29 is 14.3 Å². The fourth-order valence-electron chi connectivity index (χ4n) is 2.79. The zero-order valence-electron chi connectivity index (χ0n) is 15.5. The first-order chi connectivity index (χ1) is 12.1. The van der Waals surface area contributed by atoms with Gasteiger partial charge in [-0.2, -0.15) is 0 Å². The van der Waals surface area contributed by atoms with E-state index < -0.39 is 24.1 Å². The Morgan fingerprint density at radius 2 is 1.88 bits per heavy atom. The summed E-state index contributed by atoms with van der Waals surface area (Å²) in [6.07, 6.45) is -0.905. The van der Waals surface area contributed by atoms with E-state index >= 15 is 0 Å². The second-order valence-corrected chi connectivity index (χ2v) is 8.22. The Labute approximate surface area is 162 Å². The van der Waals surface area contributed by atoms with Crippen LogP contribution in [0.4, 0.5) is 4.79 Å². The molecule has 0 saturated carbocycles. The molecule has 2 amide bonds. The van der Waals surface area contributed by atoms with Gasteiger partial charge in [0.1, 0.15) is 16.6 Å². The van der Waals surface area contributed by atoms with Gasteiger partial charge in [-0.15, -0.1) is 11.3 Å². The molecular formula is C18H24ClN3O3S. The maximum Gasteiger partial charge on any atom is 0.411 e. The molecule has 0 aliphatic heterocycles. The highest BCUT2D eigenvalue weighted by Crippen LogP contribution is 2.34. The van der Waals surface area contributed by atoms with Gasteiger partial charge in [-0.05, 0) is 38.8 Å². The second-order valence-electron chi connectivity index (χ2n) is 6.75. The molecule has 2 N–H and O–H groups in total. The highest BCUT2D eigenvalue weighted by Gasteiger charge is 2.37. The van der Waals surface area contributed by atoms with Gasteiger partial charge in [0.2, 0.25) is 5.91 Å². The molecule has 0 radical (unpaired) electrons. The highest BCUT2D eigenvalue weighted by atomic mass is 35.5. The van der Waals surface area contributed by atoms with E-state index in [1.807, 2.05) is 32.9 Å². The van der Waals surface area contributed by atoms with Crippen molar-refractivity contribution in [2.24, 2.45) is 11.7 Å². The Hall–Kier alpha value is -1.86. The molecular weight excluding hydrogens is 374 g/mol. The topological polar surface area (TPSA) is 85.5 Å². The molecule has 0 fully saturated rings. The number of hydrogen-bond donors (Lipinski definition) is 1. The number of nitrogens with two attached hydrogens (primary N) is 1. The van der Waals surface area contributed by atoms with Crippen LogP contribution in [0.3, 0.4) is 0 Å². The van der Waals surface area contributed by atoms with Crippen LogP contribution in [0.5, 0.6) is 0 Å². The Morgan fingerprint density at radius 3 is 2.38 bits per heavy atom. The Kier molecular flexibility index (Phi) is 6.47. The van der Waals surface area contributed by atoms with E-state index in [0.29, 0.717) is 15.5 Å². The van der Waals surface area contributed by atoms with E-state index in [2.05, 4.69) is 4.98 Å². The molecule has 0 saturated heterocycles. The number of aromatic nitrogens is 1. The number of benzene rings is 1. The number of para-hydroxylation sites is 1. The number of ether oxygens (including phenoxy) is 1. The number of halogens is 1. The maximum atomic E-state index is 12.7. The number of primary amides is 1. The molecule has 8 heteroatoms. The molecule has 26 heavy (non-hydrogen) atoms. The van der Waals surface area contributed by atoms with Gasteiger partial charge < -0.3 is 10.5 Å². The molecule has 1 aromatic heterocycles. The summed E-state index contributed by atoms with van der Waals surface area (Å²) in [5.74, 6) is -0.751. The summed E-state index contributed by atoms with van der Waals surface area (Å²) in [7, 11) is 0. The minimum atomic E-state index is -0.807. The molecule has 1 heterocycles. The van der Waals surface area contributed by atoms with Gasteiger partial charge in [-0.25, -0.2) is 9.78 Å². The van der Waals surface area contributed by atoms with Crippen molar-refractivity contribution in [3.8, 4) is 0 Å². The monoisotopic (exact) mass is 397 g/mol. The van der Waals surface area contributed by atoms with Crippen LogP contribution in [0.1, 0.15) is 45.7 Å². The fraction of sp³-hybridized carbons (Fsp3) is 0.500. The van der Waals surface area contributed by atoms with Crippen LogP contribution in [-0.4, -0.2) is 34.0 Å². The maximum absolute atomic E-state index is 12.7. The van der Waals surface area contributed by atoms with E-state index in [4.69, 9.17) is 22.1 Å². The number of carbonyl (C=O) groups is 2. The lowest BCUT2D eigenvalue weighted by Crippen LogP contribution is -2.52. The Morgan fingerprint density at radius 1 is 1.23 bits per heavy atom. The van der Waals surface area contributed by atoms with Crippen LogP contribution in [0.2, 0.25) is 5.02 Å². The van der Waals surface area contributed by atoms with Gasteiger partial charge in [-0.3, -0.25) is 9.69 Å². The van der Waals surface area contributed by atoms with Gasteiger partial charge in [0.15, 0.2) is 0 Å².